The summed E-state index contributed by atoms with van der Waals surface area (Å²) in [7, 11) is 1.22. The van der Waals surface area contributed by atoms with Crippen LogP contribution in [0, 0.1) is 0 Å². The lowest BCUT2D eigenvalue weighted by Crippen LogP contribution is -2.50. The highest BCUT2D eigenvalue weighted by atomic mass is 16.5. The van der Waals surface area contributed by atoms with Crippen LogP contribution in [0.25, 0.3) is 0 Å². The Morgan fingerprint density at radius 3 is 2.82 bits per heavy atom. The molecule has 0 amide bonds. The Hall–Kier alpha value is -3.35. The monoisotopic (exact) mass is 380 g/mol. The number of para-hydroxylation sites is 1. The molecular formula is C21H20N2O5. The average Bonchev–Trinajstić information content (AvgIpc) is 2.99. The number of rotatable bonds is 3. The number of allylic oxidation sites excluding steroid dienone is 1. The minimum Gasteiger partial charge on any atom is -0.466 e. The van der Waals surface area contributed by atoms with Crippen molar-refractivity contribution >= 4 is 23.4 Å². The van der Waals surface area contributed by atoms with Crippen molar-refractivity contribution in [2.45, 2.75) is 24.7 Å². The summed E-state index contributed by atoms with van der Waals surface area (Å²) >= 11 is 0. The number of carbonyl (C=O) groups is 3. The Kier molecular flexibility index (Phi) is 4.10. The van der Waals surface area contributed by atoms with Crippen LogP contribution in [0.5, 0.6) is 0 Å². The third-order valence-corrected chi connectivity index (χ3v) is 5.48. The second-order valence-electron chi connectivity index (χ2n) is 6.88. The molecule has 144 valence electrons. The topological polar surface area (TPSA) is 98.9 Å². The number of fused-ring (bicyclic) bond motifs is 3. The largest absolute Gasteiger partial charge is 0.466 e. The zero-order chi connectivity index (χ0) is 20.1. The van der Waals surface area contributed by atoms with E-state index in [1.807, 2.05) is 0 Å². The molecule has 3 aliphatic rings. The summed E-state index contributed by atoms with van der Waals surface area (Å²) in [6.07, 6.45) is 2.98. The summed E-state index contributed by atoms with van der Waals surface area (Å²) in [4.78, 5) is 40.8. The van der Waals surface area contributed by atoms with Gasteiger partial charge in [-0.1, -0.05) is 24.3 Å². The molecule has 0 saturated heterocycles. The lowest BCUT2D eigenvalue weighted by atomic mass is 9.64. The number of hydrogen-bond acceptors (Lipinski definition) is 7. The number of carbonyl (C=O) groups excluding carboxylic acids is 3. The van der Waals surface area contributed by atoms with Gasteiger partial charge in [-0.2, -0.15) is 0 Å². The Balaban J connectivity index is 2.13. The minimum atomic E-state index is -1.71. The number of anilines is 1. The van der Waals surface area contributed by atoms with Crippen molar-refractivity contribution in [2.24, 2.45) is 5.73 Å². The van der Waals surface area contributed by atoms with Gasteiger partial charge in [0.15, 0.2) is 11.2 Å². The molecule has 0 fully saturated rings. The quantitative estimate of drug-likeness (QED) is 0.631. The molecule has 0 unspecified atom stereocenters. The van der Waals surface area contributed by atoms with Gasteiger partial charge in [-0.05, 0) is 12.5 Å². The molecule has 2 heterocycles. The molecule has 7 heteroatoms. The van der Waals surface area contributed by atoms with E-state index in [9.17, 15) is 14.4 Å². The van der Waals surface area contributed by atoms with Crippen LogP contribution in [0.2, 0.25) is 0 Å². The zero-order valence-corrected chi connectivity index (χ0v) is 15.5. The van der Waals surface area contributed by atoms with Gasteiger partial charge >= 0.3 is 11.9 Å². The Bertz CT molecular complexity index is 990. The van der Waals surface area contributed by atoms with Gasteiger partial charge < -0.3 is 20.1 Å². The normalized spacial score (nSPS) is 23.5. The predicted octanol–water partition coefficient (Wildman–Crippen LogP) is 1.84. The lowest BCUT2D eigenvalue weighted by Gasteiger charge is -2.41. The summed E-state index contributed by atoms with van der Waals surface area (Å²) in [6.45, 7) is 4.06. The van der Waals surface area contributed by atoms with Crippen molar-refractivity contribution in [1.82, 2.24) is 0 Å². The minimum absolute atomic E-state index is 0.0505. The van der Waals surface area contributed by atoms with E-state index >= 15 is 0 Å². The van der Waals surface area contributed by atoms with E-state index in [0.717, 1.165) is 0 Å². The fourth-order valence-electron chi connectivity index (χ4n) is 4.40. The maximum absolute atomic E-state index is 13.3. The Morgan fingerprint density at radius 1 is 1.36 bits per heavy atom. The van der Waals surface area contributed by atoms with Crippen molar-refractivity contribution in [3.05, 3.63) is 65.2 Å². The van der Waals surface area contributed by atoms with Gasteiger partial charge in [0.2, 0.25) is 0 Å². The fourth-order valence-corrected chi connectivity index (χ4v) is 4.40. The summed E-state index contributed by atoms with van der Waals surface area (Å²) in [5.74, 6) is -1.31. The van der Waals surface area contributed by atoms with Gasteiger partial charge in [0.1, 0.15) is 17.2 Å². The van der Waals surface area contributed by atoms with Crippen molar-refractivity contribution in [3.8, 4) is 0 Å². The molecule has 4 rings (SSSR count). The molecule has 1 aliphatic carbocycles. The van der Waals surface area contributed by atoms with E-state index in [4.69, 9.17) is 15.2 Å². The van der Waals surface area contributed by atoms with Crippen LogP contribution in [0.15, 0.2) is 59.6 Å². The van der Waals surface area contributed by atoms with Crippen molar-refractivity contribution in [3.63, 3.8) is 0 Å². The van der Waals surface area contributed by atoms with Crippen molar-refractivity contribution < 1.29 is 23.9 Å². The number of esters is 2. The Morgan fingerprint density at radius 2 is 2.11 bits per heavy atom. The number of hydrogen-bond donors (Lipinski definition) is 1. The number of ether oxygens (including phenoxy) is 2. The first-order chi connectivity index (χ1) is 13.5. The van der Waals surface area contributed by atoms with Gasteiger partial charge in [0.25, 0.3) is 0 Å². The van der Waals surface area contributed by atoms with E-state index in [-0.39, 0.29) is 29.2 Å². The second-order valence-corrected chi connectivity index (χ2v) is 6.88. The summed E-state index contributed by atoms with van der Waals surface area (Å²) in [5.41, 5.74) is 5.92. The van der Waals surface area contributed by atoms with E-state index < -0.39 is 17.4 Å². The molecule has 28 heavy (non-hydrogen) atoms. The number of methoxy groups -OCH3 is 1. The molecule has 1 spiro atoms. The summed E-state index contributed by atoms with van der Waals surface area (Å²) in [6, 6.07) is 7.07. The fraction of sp³-hybridized carbons (Fsp3) is 0.286. The van der Waals surface area contributed by atoms with E-state index in [1.54, 1.807) is 35.2 Å². The number of benzene rings is 1. The molecule has 1 aromatic carbocycles. The van der Waals surface area contributed by atoms with Crippen LogP contribution >= 0.6 is 0 Å². The SMILES string of the molecule is C=CCN1C(N)=C(C(=O)OC)[C@@]2(C(=O)OC3=C2C(=O)CCC3)c2ccccc21. The van der Waals surface area contributed by atoms with Gasteiger partial charge in [-0.15, -0.1) is 6.58 Å². The van der Waals surface area contributed by atoms with Crippen LogP contribution in [0.4, 0.5) is 5.69 Å². The molecule has 0 radical (unpaired) electrons. The third kappa shape index (κ3) is 2.13. The highest BCUT2D eigenvalue weighted by Crippen LogP contribution is 2.55. The number of Topliss-reactive ketones (excluding diaryl/α,β-unsaturated/α-hetero) is 1. The molecule has 0 saturated carbocycles. The number of nitrogens with zero attached hydrogens (tertiary/aromatic N) is 1. The second kappa shape index (κ2) is 6.37. The smallest absolute Gasteiger partial charge is 0.339 e. The van der Waals surface area contributed by atoms with Gasteiger partial charge in [0.05, 0.1) is 12.7 Å². The number of nitrogens with two attached hydrogens (primary N) is 1. The first-order valence-corrected chi connectivity index (χ1v) is 9.04. The van der Waals surface area contributed by atoms with E-state index in [0.29, 0.717) is 36.4 Å². The molecule has 7 nitrogen and oxygen atoms in total. The van der Waals surface area contributed by atoms with Crippen LogP contribution in [0.1, 0.15) is 24.8 Å². The molecule has 2 N–H and O–H groups in total. The standard InChI is InChI=1S/C21H20N2O5/c1-3-11-23-13-8-5-4-7-12(13)21(17(18(23)22)19(25)27-2)16-14(24)9-6-10-15(16)28-20(21)26/h3-5,7-8H,1,6,9-11,22H2,2H3/t21-/m1/s1. The average molecular weight is 380 g/mol. The first-order valence-electron chi connectivity index (χ1n) is 9.04. The van der Waals surface area contributed by atoms with Crippen LogP contribution < -0.4 is 10.6 Å². The van der Waals surface area contributed by atoms with Crippen LogP contribution in [-0.2, 0) is 29.3 Å². The molecule has 1 atom stereocenters. The molecule has 0 bridgehead atoms. The predicted molar refractivity (Wildman–Crippen MR) is 101 cm³/mol. The molecular weight excluding hydrogens is 360 g/mol. The first kappa shape index (κ1) is 18.0. The van der Waals surface area contributed by atoms with E-state index in [1.165, 1.54) is 7.11 Å². The highest BCUT2D eigenvalue weighted by Gasteiger charge is 2.63. The maximum atomic E-state index is 13.3. The zero-order valence-electron chi connectivity index (χ0n) is 15.5. The highest BCUT2D eigenvalue weighted by molar-refractivity contribution is 6.17. The summed E-state index contributed by atoms with van der Waals surface area (Å²) in [5, 5.41) is 0. The van der Waals surface area contributed by atoms with E-state index in [2.05, 4.69) is 6.58 Å². The van der Waals surface area contributed by atoms with Gasteiger partial charge in [0, 0.05) is 30.6 Å². The lowest BCUT2D eigenvalue weighted by molar-refractivity contribution is -0.145. The maximum Gasteiger partial charge on any atom is 0.339 e. The molecule has 0 aromatic heterocycles. The third-order valence-electron chi connectivity index (χ3n) is 5.48. The van der Waals surface area contributed by atoms with Gasteiger partial charge in [-0.25, -0.2) is 9.59 Å². The summed E-state index contributed by atoms with van der Waals surface area (Å²) < 4.78 is 10.5. The number of ketones is 1. The Labute approximate surface area is 162 Å². The van der Waals surface area contributed by atoms with Crippen molar-refractivity contribution in [1.29, 1.82) is 0 Å². The van der Waals surface area contributed by atoms with Gasteiger partial charge in [-0.3, -0.25) is 4.79 Å². The van der Waals surface area contributed by atoms with Crippen LogP contribution in [-0.4, -0.2) is 31.4 Å². The molecule has 1 aromatic rings. The van der Waals surface area contributed by atoms with Crippen LogP contribution in [0.3, 0.4) is 0 Å². The molecule has 2 aliphatic heterocycles. The van der Waals surface area contributed by atoms with Crippen molar-refractivity contribution in [2.75, 3.05) is 18.6 Å².